The Hall–Kier alpha value is -0.0231. The molecule has 0 N–H and O–H groups in total. The monoisotopic (exact) mass is 362 g/mol. The van der Waals surface area contributed by atoms with Crippen LogP contribution in [0, 0.1) is 0 Å². The molecular weight excluding hydrogens is 328 g/mol. The maximum absolute atomic E-state index is 6.07. The SMILES string of the molecule is CCCOC1OC1CC(CC[Si](C)(OCC)OCC)OCC1CO1. The van der Waals surface area contributed by atoms with Gasteiger partial charge in [-0.15, -0.1) is 0 Å². The van der Waals surface area contributed by atoms with E-state index < -0.39 is 8.56 Å². The highest BCUT2D eigenvalue weighted by molar-refractivity contribution is 6.66. The highest BCUT2D eigenvalue weighted by atomic mass is 28.4. The summed E-state index contributed by atoms with van der Waals surface area (Å²) >= 11 is 0. The molecule has 0 saturated carbocycles. The van der Waals surface area contributed by atoms with Crippen molar-refractivity contribution in [3.8, 4) is 0 Å². The molecule has 2 heterocycles. The second-order valence-corrected chi connectivity index (χ2v) is 9.94. The Balaban J connectivity index is 1.76. The van der Waals surface area contributed by atoms with E-state index in [2.05, 4.69) is 13.5 Å². The molecule has 0 amide bonds. The molecule has 2 rings (SSSR count). The molecule has 2 aliphatic heterocycles. The molecule has 4 unspecified atom stereocenters. The summed E-state index contributed by atoms with van der Waals surface area (Å²) in [5, 5.41) is 0. The summed E-state index contributed by atoms with van der Waals surface area (Å²) in [6, 6.07) is 0.929. The lowest BCUT2D eigenvalue weighted by Gasteiger charge is -2.28. The number of hydrogen-bond acceptors (Lipinski definition) is 6. The summed E-state index contributed by atoms with van der Waals surface area (Å²) in [6.45, 7) is 11.9. The molecule has 0 aliphatic carbocycles. The van der Waals surface area contributed by atoms with Crippen LogP contribution in [0.1, 0.15) is 40.0 Å². The van der Waals surface area contributed by atoms with Crippen LogP contribution in [0.25, 0.3) is 0 Å². The maximum atomic E-state index is 6.07. The van der Waals surface area contributed by atoms with E-state index in [4.69, 9.17) is 27.8 Å². The van der Waals surface area contributed by atoms with Gasteiger partial charge in [0.25, 0.3) is 0 Å². The third-order valence-corrected chi connectivity index (χ3v) is 7.25. The average Bonchev–Trinajstić information content (AvgIpc) is 3.45. The summed E-state index contributed by atoms with van der Waals surface area (Å²) in [4.78, 5) is 0. The predicted octanol–water partition coefficient (Wildman–Crippen LogP) is 2.85. The van der Waals surface area contributed by atoms with Crippen LogP contribution in [0.4, 0.5) is 0 Å². The average molecular weight is 363 g/mol. The fraction of sp³-hybridized carbons (Fsp3) is 1.00. The standard InChI is InChI=1S/C17H34O6Si/c1-5-9-18-17-16(23-17)11-14(19-12-15-13-20-15)8-10-24(4,21-6-2)22-7-3/h14-17H,5-13H2,1-4H3. The van der Waals surface area contributed by atoms with E-state index in [1.165, 1.54) is 0 Å². The normalized spacial score (nSPS) is 27.2. The highest BCUT2D eigenvalue weighted by Gasteiger charge is 2.42. The zero-order chi connectivity index (χ0) is 17.4. The zero-order valence-electron chi connectivity index (χ0n) is 15.6. The fourth-order valence-corrected chi connectivity index (χ4v) is 5.27. The number of hydrogen-bond donors (Lipinski definition) is 0. The van der Waals surface area contributed by atoms with E-state index in [0.717, 1.165) is 38.5 Å². The van der Waals surface area contributed by atoms with Crippen molar-refractivity contribution in [2.45, 2.75) is 77.2 Å². The van der Waals surface area contributed by atoms with E-state index in [1.807, 2.05) is 13.8 Å². The number of epoxide rings is 2. The lowest BCUT2D eigenvalue weighted by atomic mass is 10.1. The second-order valence-electron chi connectivity index (χ2n) is 6.60. The maximum Gasteiger partial charge on any atom is 0.335 e. The minimum Gasteiger partial charge on any atom is -0.395 e. The van der Waals surface area contributed by atoms with Gasteiger partial charge in [-0.05, 0) is 39.3 Å². The smallest absolute Gasteiger partial charge is 0.335 e. The summed E-state index contributed by atoms with van der Waals surface area (Å²) in [5.41, 5.74) is 0. The predicted molar refractivity (Wildman–Crippen MR) is 93.3 cm³/mol. The lowest BCUT2D eigenvalue weighted by Crippen LogP contribution is -2.39. The van der Waals surface area contributed by atoms with Gasteiger partial charge in [-0.2, -0.15) is 0 Å². The van der Waals surface area contributed by atoms with Crippen LogP contribution in [-0.4, -0.2) is 66.2 Å². The first kappa shape index (κ1) is 20.3. The summed E-state index contributed by atoms with van der Waals surface area (Å²) in [6.07, 6.45) is 3.34. The van der Waals surface area contributed by atoms with Crippen LogP contribution in [0.15, 0.2) is 0 Å². The van der Waals surface area contributed by atoms with Crippen LogP contribution in [0.2, 0.25) is 12.6 Å². The molecule has 2 saturated heterocycles. The first-order valence-corrected chi connectivity index (χ1v) is 11.9. The molecule has 0 spiro atoms. The minimum atomic E-state index is -2.10. The molecule has 7 heteroatoms. The third-order valence-electron chi connectivity index (χ3n) is 4.26. The molecule has 0 radical (unpaired) electrons. The van der Waals surface area contributed by atoms with Gasteiger partial charge in [0, 0.05) is 26.2 Å². The van der Waals surface area contributed by atoms with Gasteiger partial charge in [0.1, 0.15) is 12.2 Å². The van der Waals surface area contributed by atoms with Crippen molar-refractivity contribution >= 4 is 8.56 Å². The first-order chi connectivity index (χ1) is 11.6. The summed E-state index contributed by atoms with van der Waals surface area (Å²) in [5.74, 6) is 0. The molecule has 0 aromatic carbocycles. The molecular formula is C17H34O6Si. The van der Waals surface area contributed by atoms with E-state index in [0.29, 0.717) is 19.8 Å². The van der Waals surface area contributed by atoms with Crippen LogP contribution >= 0.6 is 0 Å². The van der Waals surface area contributed by atoms with Crippen LogP contribution < -0.4 is 0 Å². The Kier molecular flexibility index (Phi) is 8.63. The third kappa shape index (κ3) is 7.47. The fourth-order valence-electron chi connectivity index (χ4n) is 2.83. The molecule has 6 nitrogen and oxygen atoms in total. The largest absolute Gasteiger partial charge is 0.395 e. The van der Waals surface area contributed by atoms with Crippen molar-refractivity contribution in [2.24, 2.45) is 0 Å². The van der Waals surface area contributed by atoms with Crippen molar-refractivity contribution in [1.82, 2.24) is 0 Å². The zero-order valence-corrected chi connectivity index (χ0v) is 16.6. The first-order valence-electron chi connectivity index (χ1n) is 9.38. The molecule has 0 bridgehead atoms. The number of ether oxygens (including phenoxy) is 4. The van der Waals surface area contributed by atoms with Gasteiger partial charge in [-0.1, -0.05) is 6.92 Å². The van der Waals surface area contributed by atoms with Gasteiger partial charge in [0.15, 0.2) is 6.29 Å². The van der Waals surface area contributed by atoms with Crippen molar-refractivity contribution in [3.63, 3.8) is 0 Å². The van der Waals surface area contributed by atoms with Crippen molar-refractivity contribution in [1.29, 1.82) is 0 Å². The van der Waals surface area contributed by atoms with Crippen LogP contribution in [0.5, 0.6) is 0 Å². The van der Waals surface area contributed by atoms with Crippen molar-refractivity contribution < 1.29 is 27.8 Å². The van der Waals surface area contributed by atoms with Crippen LogP contribution in [0.3, 0.4) is 0 Å². The molecule has 0 aromatic heterocycles. The van der Waals surface area contributed by atoms with E-state index in [9.17, 15) is 0 Å². The quantitative estimate of drug-likeness (QED) is 0.330. The Morgan fingerprint density at radius 3 is 2.46 bits per heavy atom. The van der Waals surface area contributed by atoms with Gasteiger partial charge in [-0.3, -0.25) is 0 Å². The topological polar surface area (TPSA) is 62.0 Å². The molecule has 0 aromatic rings. The molecule has 24 heavy (non-hydrogen) atoms. The van der Waals surface area contributed by atoms with E-state index in [1.54, 1.807) is 0 Å². The molecule has 142 valence electrons. The van der Waals surface area contributed by atoms with Crippen LogP contribution in [-0.2, 0) is 27.8 Å². The Morgan fingerprint density at radius 1 is 1.17 bits per heavy atom. The molecule has 2 aliphatic rings. The van der Waals surface area contributed by atoms with E-state index >= 15 is 0 Å². The van der Waals surface area contributed by atoms with Gasteiger partial charge in [0.05, 0.1) is 19.3 Å². The van der Waals surface area contributed by atoms with Gasteiger partial charge in [0.2, 0.25) is 0 Å². The van der Waals surface area contributed by atoms with Crippen molar-refractivity contribution in [3.05, 3.63) is 0 Å². The Bertz CT molecular complexity index is 346. The van der Waals surface area contributed by atoms with E-state index in [-0.39, 0.29) is 24.6 Å². The minimum absolute atomic E-state index is 0.0457. The van der Waals surface area contributed by atoms with Gasteiger partial charge in [-0.25, -0.2) is 0 Å². The highest BCUT2D eigenvalue weighted by Crippen LogP contribution is 2.31. The Morgan fingerprint density at radius 2 is 1.88 bits per heavy atom. The summed E-state index contributed by atoms with van der Waals surface area (Å²) in [7, 11) is -2.10. The van der Waals surface area contributed by atoms with Gasteiger partial charge < -0.3 is 27.8 Å². The van der Waals surface area contributed by atoms with Gasteiger partial charge >= 0.3 is 8.56 Å². The molecule has 4 atom stereocenters. The summed E-state index contributed by atoms with van der Waals surface area (Å²) < 4.78 is 34.4. The molecule has 2 fully saturated rings. The number of rotatable bonds is 15. The lowest BCUT2D eigenvalue weighted by molar-refractivity contribution is 0.0279. The second kappa shape index (κ2) is 10.2. The van der Waals surface area contributed by atoms with Crippen molar-refractivity contribution in [2.75, 3.05) is 33.0 Å². The Labute approximate surface area is 147 Å².